The van der Waals surface area contributed by atoms with E-state index in [0.717, 1.165) is 55.1 Å². The van der Waals surface area contributed by atoms with Gasteiger partial charge in [0.2, 0.25) is 0 Å². The molecule has 354 valence electrons. The lowest BCUT2D eigenvalue weighted by atomic mass is 9.67. The average molecular weight is 1000 g/mol. The van der Waals surface area contributed by atoms with Gasteiger partial charge >= 0.3 is 0 Å². The summed E-state index contributed by atoms with van der Waals surface area (Å²) >= 11 is 3.61. The van der Waals surface area contributed by atoms with Crippen molar-refractivity contribution in [2.45, 2.75) is 5.41 Å². The van der Waals surface area contributed by atoms with E-state index in [9.17, 15) is 0 Å². The number of hydrogen-bond acceptors (Lipinski definition) is 6. The summed E-state index contributed by atoms with van der Waals surface area (Å²) in [4.78, 5) is 16.1. The second-order valence-electron chi connectivity index (χ2n) is 19.7. The molecule has 11 aromatic carbocycles. The topological polar surface area (TPSA) is 51.8 Å². The van der Waals surface area contributed by atoms with Crippen LogP contribution in [0.3, 0.4) is 0 Å². The minimum absolute atomic E-state index is 0.461. The first-order valence-electron chi connectivity index (χ1n) is 25.6. The van der Waals surface area contributed by atoms with Crippen LogP contribution in [0.5, 0.6) is 0 Å². The van der Waals surface area contributed by atoms with Crippen LogP contribution in [0.4, 0.5) is 0 Å². The predicted octanol–water partition coefficient (Wildman–Crippen LogP) is 19.2. The summed E-state index contributed by atoms with van der Waals surface area (Å²) in [7, 11) is 0. The van der Waals surface area contributed by atoms with E-state index in [2.05, 4.69) is 237 Å². The Balaban J connectivity index is 0.838. The van der Waals surface area contributed by atoms with Crippen LogP contribution >= 0.6 is 22.7 Å². The van der Waals surface area contributed by atoms with Gasteiger partial charge in [0.25, 0.3) is 0 Å². The molecule has 0 bridgehead atoms. The summed E-state index contributed by atoms with van der Waals surface area (Å²) in [6.45, 7) is 0. The van der Waals surface area contributed by atoms with Crippen molar-refractivity contribution >= 4 is 85.0 Å². The molecule has 0 spiro atoms. The molecule has 4 aromatic heterocycles. The Morgan fingerprint density at radius 2 is 0.829 bits per heavy atom. The Morgan fingerprint density at radius 3 is 1.62 bits per heavy atom. The second-order valence-corrected chi connectivity index (χ2v) is 21.9. The van der Waals surface area contributed by atoms with E-state index in [4.69, 9.17) is 19.4 Å². The summed E-state index contributed by atoms with van der Waals surface area (Å²) < 4.78 is 11.6. The smallest absolute Gasteiger partial charge is 0.164 e. The summed E-state index contributed by atoms with van der Waals surface area (Å²) in [6.07, 6.45) is 0. The van der Waals surface area contributed by atoms with Crippen LogP contribution in [0.1, 0.15) is 22.3 Å². The van der Waals surface area contributed by atoms with Crippen molar-refractivity contribution in [2.24, 2.45) is 0 Å². The molecule has 0 saturated carbocycles. The second kappa shape index (κ2) is 16.8. The number of nitrogens with zero attached hydrogens (tertiary/aromatic N) is 3. The van der Waals surface area contributed by atoms with Crippen LogP contribution in [0.15, 0.2) is 253 Å². The Bertz CT molecular complexity index is 4780. The van der Waals surface area contributed by atoms with Crippen LogP contribution in [0.25, 0.3) is 130 Å². The SMILES string of the molecule is c1ccc(C2(c3ccccc3)c3ccccc3-c3c(-c4ccc(-c5ccc6oc7cccc(-c8nc(-c9ccc%10sc%11ccccc%11c%10c9)nc(-c9cccc%10sc%11ccccc%11c9%10)n8)c7c6c5)cc4)cccc32)cc1. The van der Waals surface area contributed by atoms with Crippen molar-refractivity contribution in [2.75, 3.05) is 0 Å². The standard InChI is InChI=1S/C70H41N3OS2/c1-3-16-46(17-4-1)70(47-18-5-2-6-19-47)56-26-10-7-21-50(56)64-48(23-13-27-57(64)70)43-34-32-42(33-35-43)44-36-38-58-55(40-44)65-52(24-14-28-59(65)74-58)68-71-67(45-37-39-62-54(41-45)49-20-8-11-29-60(49)75-62)72-69(73-68)53-25-15-31-63-66(53)51-22-9-12-30-61(51)76-63/h1-41H. The minimum Gasteiger partial charge on any atom is -0.456 e. The van der Waals surface area contributed by atoms with Gasteiger partial charge in [-0.15, -0.1) is 22.7 Å². The molecular formula is C70H41N3OS2. The van der Waals surface area contributed by atoms with Crippen molar-refractivity contribution in [1.29, 1.82) is 0 Å². The summed E-state index contributed by atoms with van der Waals surface area (Å²) in [5.74, 6) is 1.85. The molecule has 4 nitrogen and oxygen atoms in total. The van der Waals surface area contributed by atoms with Crippen LogP contribution in [-0.4, -0.2) is 15.0 Å². The fourth-order valence-corrected chi connectivity index (χ4v) is 14.6. The van der Waals surface area contributed by atoms with Gasteiger partial charge in [-0.3, -0.25) is 0 Å². The van der Waals surface area contributed by atoms with E-state index in [0.29, 0.717) is 17.5 Å². The first kappa shape index (κ1) is 43.1. The predicted molar refractivity (Wildman–Crippen MR) is 317 cm³/mol. The number of aromatic nitrogens is 3. The lowest BCUT2D eigenvalue weighted by Crippen LogP contribution is -2.28. The highest BCUT2D eigenvalue weighted by Crippen LogP contribution is 2.58. The van der Waals surface area contributed by atoms with Crippen LogP contribution in [0.2, 0.25) is 0 Å². The Hall–Kier alpha value is -9.33. The highest BCUT2D eigenvalue weighted by molar-refractivity contribution is 7.26. The van der Waals surface area contributed by atoms with E-state index >= 15 is 0 Å². The molecule has 16 rings (SSSR count). The molecule has 76 heavy (non-hydrogen) atoms. The number of benzene rings is 11. The molecule has 4 heterocycles. The lowest BCUT2D eigenvalue weighted by molar-refractivity contribution is 0.669. The maximum absolute atomic E-state index is 6.67. The molecule has 0 atom stereocenters. The zero-order valence-corrected chi connectivity index (χ0v) is 42.4. The molecule has 6 heteroatoms. The summed E-state index contributed by atoms with van der Waals surface area (Å²) in [5, 5.41) is 6.75. The molecule has 15 aromatic rings. The Kier molecular flexibility index (Phi) is 9.56. The maximum atomic E-state index is 6.67. The fourth-order valence-electron chi connectivity index (χ4n) is 12.3. The van der Waals surface area contributed by atoms with Gasteiger partial charge in [-0.05, 0) is 110 Å². The number of rotatable bonds is 7. The van der Waals surface area contributed by atoms with Crippen LogP contribution in [0, 0.1) is 0 Å². The number of fused-ring (bicyclic) bond motifs is 12. The van der Waals surface area contributed by atoms with E-state index < -0.39 is 5.41 Å². The van der Waals surface area contributed by atoms with Gasteiger partial charge in [-0.1, -0.05) is 194 Å². The Morgan fingerprint density at radius 1 is 0.303 bits per heavy atom. The monoisotopic (exact) mass is 1000 g/mol. The van der Waals surface area contributed by atoms with Gasteiger partial charge in [0.1, 0.15) is 11.2 Å². The molecular weight excluding hydrogens is 963 g/mol. The first-order chi connectivity index (χ1) is 37.7. The van der Waals surface area contributed by atoms with Gasteiger partial charge in [0.05, 0.1) is 5.41 Å². The van der Waals surface area contributed by atoms with Crippen molar-refractivity contribution < 1.29 is 4.42 Å². The molecule has 0 fully saturated rings. The minimum atomic E-state index is -0.461. The van der Waals surface area contributed by atoms with Crippen molar-refractivity contribution in [1.82, 2.24) is 15.0 Å². The molecule has 0 amide bonds. The fraction of sp³-hybridized carbons (Fsp3) is 0.0143. The summed E-state index contributed by atoms with van der Waals surface area (Å²) in [5.41, 5.74) is 16.2. The van der Waals surface area contributed by atoms with Gasteiger partial charge in [-0.25, -0.2) is 15.0 Å². The highest BCUT2D eigenvalue weighted by Gasteiger charge is 2.46. The first-order valence-corrected chi connectivity index (χ1v) is 27.3. The molecule has 0 radical (unpaired) electrons. The third kappa shape index (κ3) is 6.45. The molecule has 0 aliphatic heterocycles. The maximum Gasteiger partial charge on any atom is 0.164 e. The van der Waals surface area contributed by atoms with E-state index in [1.807, 2.05) is 23.5 Å². The van der Waals surface area contributed by atoms with Gasteiger partial charge in [0, 0.05) is 67.8 Å². The van der Waals surface area contributed by atoms with Crippen LogP contribution < -0.4 is 0 Å². The van der Waals surface area contributed by atoms with E-state index in [-0.39, 0.29) is 0 Å². The number of furan rings is 1. The quantitative estimate of drug-likeness (QED) is 0.160. The number of hydrogen-bond donors (Lipinski definition) is 0. The molecule has 0 N–H and O–H groups in total. The Labute approximate surface area is 445 Å². The van der Waals surface area contributed by atoms with Gasteiger partial charge in [0.15, 0.2) is 17.5 Å². The number of thiophene rings is 2. The molecule has 1 aliphatic carbocycles. The molecule has 1 aliphatic rings. The van der Waals surface area contributed by atoms with Crippen LogP contribution in [-0.2, 0) is 5.41 Å². The van der Waals surface area contributed by atoms with E-state index in [1.165, 1.54) is 79.5 Å². The normalized spacial score (nSPS) is 12.8. The van der Waals surface area contributed by atoms with Gasteiger partial charge < -0.3 is 4.42 Å². The third-order valence-corrected chi connectivity index (χ3v) is 17.9. The zero-order chi connectivity index (χ0) is 49.9. The van der Waals surface area contributed by atoms with Gasteiger partial charge in [-0.2, -0.15) is 0 Å². The molecule has 0 unspecified atom stereocenters. The highest BCUT2D eigenvalue weighted by atomic mass is 32.1. The third-order valence-electron chi connectivity index (χ3n) is 15.7. The lowest BCUT2D eigenvalue weighted by Gasteiger charge is -2.34. The van der Waals surface area contributed by atoms with Crippen molar-refractivity contribution in [3.63, 3.8) is 0 Å². The zero-order valence-electron chi connectivity index (χ0n) is 40.7. The average Bonchev–Trinajstić information content (AvgIpc) is 4.27. The summed E-state index contributed by atoms with van der Waals surface area (Å²) in [6, 6.07) is 89.9. The van der Waals surface area contributed by atoms with Crippen molar-refractivity contribution in [3.05, 3.63) is 271 Å². The largest absolute Gasteiger partial charge is 0.456 e. The van der Waals surface area contributed by atoms with Crippen molar-refractivity contribution in [3.8, 4) is 67.5 Å². The molecule has 0 saturated heterocycles. The van der Waals surface area contributed by atoms with E-state index in [1.54, 1.807) is 11.3 Å².